The third-order valence-electron chi connectivity index (χ3n) is 5.14. The lowest BCUT2D eigenvalue weighted by Gasteiger charge is -2.24. The molecule has 2 aromatic heterocycles. The first-order valence-electron chi connectivity index (χ1n) is 10.0. The fourth-order valence-corrected chi connectivity index (χ4v) is 3.48. The molecule has 0 spiro atoms. The first kappa shape index (κ1) is 22.1. The molecule has 0 bridgehead atoms. The Balaban J connectivity index is 2.39. The topological polar surface area (TPSA) is 69.9 Å². The van der Waals surface area contributed by atoms with Crippen molar-refractivity contribution in [2.75, 3.05) is 13.6 Å². The van der Waals surface area contributed by atoms with Gasteiger partial charge in [0, 0.05) is 30.8 Å². The number of carbonyl (C=O) groups excluding carboxylic acids is 1. The molecule has 0 aliphatic rings. The summed E-state index contributed by atoms with van der Waals surface area (Å²) < 4.78 is 2.15. The zero-order valence-electron chi connectivity index (χ0n) is 18.0. The van der Waals surface area contributed by atoms with Crippen molar-refractivity contribution in [2.45, 2.75) is 59.4 Å². The molecule has 2 aromatic rings. The number of hydroxylamine groups is 1. The fraction of sp³-hybridized carbons (Fsp3) is 0.545. The lowest BCUT2D eigenvalue weighted by atomic mass is 9.90. The maximum Gasteiger partial charge on any atom is 0.267 e. The molecule has 0 saturated carbocycles. The molecule has 0 radical (unpaired) electrons. The molecule has 0 aliphatic carbocycles. The second-order valence-corrected chi connectivity index (χ2v) is 8.53. The molecule has 28 heavy (non-hydrogen) atoms. The van der Waals surface area contributed by atoms with Crippen LogP contribution in [0.1, 0.15) is 64.4 Å². The van der Waals surface area contributed by atoms with E-state index in [2.05, 4.69) is 51.0 Å². The smallest absolute Gasteiger partial charge is 0.267 e. The van der Waals surface area contributed by atoms with Gasteiger partial charge in [-0.05, 0) is 36.7 Å². The molecule has 154 valence electrons. The van der Waals surface area contributed by atoms with E-state index in [1.54, 1.807) is 11.6 Å². The third kappa shape index (κ3) is 5.42. The Labute approximate surface area is 168 Å². The van der Waals surface area contributed by atoms with E-state index in [1.807, 2.05) is 18.3 Å². The molecular weight excluding hydrogens is 352 g/mol. The number of nitrogens with zero attached hydrogens (tertiary/aromatic N) is 3. The van der Waals surface area contributed by atoms with E-state index in [4.69, 9.17) is 10.2 Å². The molecular formula is C22H34N4O2. The second-order valence-electron chi connectivity index (χ2n) is 8.53. The number of aromatic nitrogens is 2. The minimum atomic E-state index is -0.553. The van der Waals surface area contributed by atoms with Gasteiger partial charge in [-0.1, -0.05) is 47.5 Å². The van der Waals surface area contributed by atoms with Gasteiger partial charge in [-0.2, -0.15) is 0 Å². The summed E-state index contributed by atoms with van der Waals surface area (Å²) in [6.07, 6.45) is 7.35. The highest BCUT2D eigenvalue weighted by atomic mass is 16.5. The number of rotatable bonds is 8. The second kappa shape index (κ2) is 9.34. The predicted molar refractivity (Wildman–Crippen MR) is 113 cm³/mol. The Bertz CT molecular complexity index is 829. The lowest BCUT2D eigenvalue weighted by molar-refractivity contribution is -0.124. The van der Waals surface area contributed by atoms with E-state index in [-0.39, 0.29) is 5.41 Å². The summed E-state index contributed by atoms with van der Waals surface area (Å²) >= 11 is 0. The van der Waals surface area contributed by atoms with Gasteiger partial charge in [0.05, 0.1) is 11.4 Å². The van der Waals surface area contributed by atoms with E-state index >= 15 is 0 Å². The molecule has 0 fully saturated rings. The van der Waals surface area contributed by atoms with Gasteiger partial charge < -0.3 is 9.30 Å². The molecule has 0 atom stereocenters. The van der Waals surface area contributed by atoms with E-state index in [9.17, 15) is 4.79 Å². The van der Waals surface area contributed by atoms with E-state index < -0.39 is 5.91 Å². The van der Waals surface area contributed by atoms with E-state index in [1.165, 1.54) is 24.6 Å². The standard InChI is InChI=1S/C22H34N4O2/c1-7-16(8-2)14-25(6)15-18-21(22(3,4)5)23-19-13-17(11-12-26(18)19)9-10-20(27)24-28/h9-13,16,28H,7-8,14-15H2,1-6H3,(H,24,27)/b10-9+. The van der Waals surface area contributed by atoms with Crippen molar-refractivity contribution < 1.29 is 10.0 Å². The lowest BCUT2D eigenvalue weighted by Crippen LogP contribution is -2.27. The number of amides is 1. The van der Waals surface area contributed by atoms with Crippen LogP contribution >= 0.6 is 0 Å². The number of hydrogen-bond acceptors (Lipinski definition) is 4. The van der Waals surface area contributed by atoms with Crippen LogP contribution < -0.4 is 5.48 Å². The summed E-state index contributed by atoms with van der Waals surface area (Å²) in [6.45, 7) is 13.0. The summed E-state index contributed by atoms with van der Waals surface area (Å²) in [6, 6.07) is 3.91. The summed E-state index contributed by atoms with van der Waals surface area (Å²) in [5.41, 5.74) is 5.56. The minimum absolute atomic E-state index is 0.0656. The van der Waals surface area contributed by atoms with Gasteiger partial charge in [-0.25, -0.2) is 10.5 Å². The van der Waals surface area contributed by atoms with Gasteiger partial charge in [0.15, 0.2) is 0 Å². The van der Waals surface area contributed by atoms with Crippen LogP contribution in [0.3, 0.4) is 0 Å². The molecule has 2 heterocycles. The van der Waals surface area contributed by atoms with Gasteiger partial charge >= 0.3 is 0 Å². The summed E-state index contributed by atoms with van der Waals surface area (Å²) in [5, 5.41) is 8.62. The predicted octanol–water partition coefficient (Wildman–Crippen LogP) is 4.02. The Morgan fingerprint density at radius 2 is 2.04 bits per heavy atom. The van der Waals surface area contributed by atoms with Crippen molar-refractivity contribution in [1.29, 1.82) is 0 Å². The Hall–Kier alpha value is -2.18. The summed E-state index contributed by atoms with van der Waals surface area (Å²) in [4.78, 5) is 18.5. The number of fused-ring (bicyclic) bond motifs is 1. The molecule has 0 unspecified atom stereocenters. The zero-order valence-corrected chi connectivity index (χ0v) is 18.0. The average molecular weight is 387 g/mol. The molecule has 0 saturated heterocycles. The molecule has 2 rings (SSSR count). The van der Waals surface area contributed by atoms with Crippen LogP contribution in [0.15, 0.2) is 24.4 Å². The maximum absolute atomic E-state index is 11.2. The number of imidazole rings is 1. The molecule has 2 N–H and O–H groups in total. The third-order valence-corrected chi connectivity index (χ3v) is 5.14. The normalized spacial score (nSPS) is 12.6. The average Bonchev–Trinajstić information content (AvgIpc) is 3.02. The molecule has 0 aliphatic heterocycles. The van der Waals surface area contributed by atoms with Gasteiger partial charge in [-0.3, -0.25) is 10.0 Å². The zero-order chi connectivity index (χ0) is 20.9. The monoisotopic (exact) mass is 386 g/mol. The van der Waals surface area contributed by atoms with Crippen molar-refractivity contribution in [3.05, 3.63) is 41.4 Å². The SMILES string of the molecule is CCC(CC)CN(C)Cc1c(C(C)(C)C)nc2cc(/C=C/C(=O)NO)ccn12. The quantitative estimate of drug-likeness (QED) is 0.408. The van der Waals surface area contributed by atoms with Crippen molar-refractivity contribution in [2.24, 2.45) is 5.92 Å². The first-order valence-corrected chi connectivity index (χ1v) is 10.0. The summed E-state index contributed by atoms with van der Waals surface area (Å²) in [7, 11) is 2.18. The van der Waals surface area contributed by atoms with Crippen LogP contribution in [0.25, 0.3) is 11.7 Å². The highest BCUT2D eigenvalue weighted by Gasteiger charge is 2.24. The number of nitrogens with one attached hydrogen (secondary N) is 1. The Morgan fingerprint density at radius 3 is 2.61 bits per heavy atom. The van der Waals surface area contributed by atoms with E-state index in [0.29, 0.717) is 5.92 Å². The largest absolute Gasteiger partial charge is 0.302 e. The van der Waals surface area contributed by atoms with Gasteiger partial charge in [0.2, 0.25) is 0 Å². The molecule has 1 amide bonds. The Kier molecular flexibility index (Phi) is 7.38. The van der Waals surface area contributed by atoms with E-state index in [0.717, 1.165) is 30.0 Å². The van der Waals surface area contributed by atoms with Gasteiger partial charge in [0.1, 0.15) is 5.65 Å². The van der Waals surface area contributed by atoms with Crippen molar-refractivity contribution in [1.82, 2.24) is 19.8 Å². The van der Waals surface area contributed by atoms with Crippen molar-refractivity contribution in [3.8, 4) is 0 Å². The molecule has 6 nitrogen and oxygen atoms in total. The minimum Gasteiger partial charge on any atom is -0.302 e. The Morgan fingerprint density at radius 1 is 1.36 bits per heavy atom. The highest BCUT2D eigenvalue weighted by Crippen LogP contribution is 2.28. The number of pyridine rings is 1. The number of hydrogen-bond donors (Lipinski definition) is 2. The van der Waals surface area contributed by atoms with Crippen molar-refractivity contribution >= 4 is 17.6 Å². The van der Waals surface area contributed by atoms with Gasteiger partial charge in [0.25, 0.3) is 5.91 Å². The highest BCUT2D eigenvalue weighted by molar-refractivity contribution is 5.90. The maximum atomic E-state index is 11.2. The van der Waals surface area contributed by atoms with Crippen LogP contribution in [0.5, 0.6) is 0 Å². The molecule has 0 aromatic carbocycles. The van der Waals surface area contributed by atoms with Crippen LogP contribution in [-0.2, 0) is 16.8 Å². The first-order chi connectivity index (χ1) is 13.2. The number of carbonyl (C=O) groups is 1. The van der Waals surface area contributed by atoms with Crippen LogP contribution in [0.2, 0.25) is 0 Å². The van der Waals surface area contributed by atoms with Crippen molar-refractivity contribution in [3.63, 3.8) is 0 Å². The summed E-state index contributed by atoms with van der Waals surface area (Å²) in [5.74, 6) is 0.152. The molecule has 6 heteroatoms. The van der Waals surface area contributed by atoms with Crippen LogP contribution in [0.4, 0.5) is 0 Å². The van der Waals surface area contributed by atoms with Crippen LogP contribution in [0, 0.1) is 5.92 Å². The van der Waals surface area contributed by atoms with Gasteiger partial charge in [-0.15, -0.1) is 0 Å². The van der Waals surface area contributed by atoms with Crippen LogP contribution in [-0.4, -0.2) is 39.0 Å². The fourth-order valence-electron chi connectivity index (χ4n) is 3.48.